The van der Waals surface area contributed by atoms with E-state index in [2.05, 4.69) is 36.1 Å². The lowest BCUT2D eigenvalue weighted by molar-refractivity contribution is -0.131. The quantitative estimate of drug-likeness (QED) is 0.876. The summed E-state index contributed by atoms with van der Waals surface area (Å²) in [6.45, 7) is 6.49. The summed E-state index contributed by atoms with van der Waals surface area (Å²) in [5.41, 5.74) is 0.115. The zero-order valence-corrected chi connectivity index (χ0v) is 12.2. The van der Waals surface area contributed by atoms with Crippen LogP contribution in [0.5, 0.6) is 0 Å². The van der Waals surface area contributed by atoms with E-state index in [1.807, 2.05) is 0 Å². The first-order chi connectivity index (χ1) is 9.04. The molecule has 2 N–H and O–H groups in total. The minimum atomic E-state index is 0.000210. The van der Waals surface area contributed by atoms with Crippen LogP contribution in [0.2, 0.25) is 0 Å². The number of imidazole rings is 1. The normalized spacial score (nSPS) is 23.8. The van der Waals surface area contributed by atoms with Gasteiger partial charge in [0.1, 0.15) is 5.82 Å². The minimum Gasteiger partial charge on any atom is -0.347 e. The number of rotatable bonds is 4. The van der Waals surface area contributed by atoms with E-state index < -0.39 is 0 Å². The summed E-state index contributed by atoms with van der Waals surface area (Å²) in [5.74, 6) is 1.17. The fraction of sp³-hybridized carbons (Fsp3) is 0.733. The van der Waals surface area contributed by atoms with Gasteiger partial charge in [-0.25, -0.2) is 4.98 Å². The van der Waals surface area contributed by atoms with Gasteiger partial charge in [-0.15, -0.1) is 0 Å². The third-order valence-electron chi connectivity index (χ3n) is 4.40. The summed E-state index contributed by atoms with van der Waals surface area (Å²) in [5, 5.41) is 3.16. The fourth-order valence-electron chi connectivity index (χ4n) is 3.08. The van der Waals surface area contributed by atoms with Crippen molar-refractivity contribution in [2.75, 3.05) is 0 Å². The summed E-state index contributed by atoms with van der Waals surface area (Å²) in [6, 6.07) is 0.000210. The molecule has 0 spiro atoms. The number of nitrogens with one attached hydrogen (secondary N) is 2. The number of hydrogen-bond donors (Lipinski definition) is 2. The molecule has 1 heterocycles. The fourth-order valence-corrected chi connectivity index (χ4v) is 3.08. The summed E-state index contributed by atoms with van der Waals surface area (Å²) < 4.78 is 0. The van der Waals surface area contributed by atoms with Crippen LogP contribution in [-0.4, -0.2) is 15.9 Å². The lowest BCUT2D eigenvalue weighted by Gasteiger charge is -2.38. The molecule has 1 aliphatic rings. The first kappa shape index (κ1) is 14.1. The molecule has 1 aromatic heterocycles. The van der Waals surface area contributed by atoms with Crippen LogP contribution < -0.4 is 5.32 Å². The molecule has 0 aliphatic heterocycles. The molecule has 0 bridgehead atoms. The van der Waals surface area contributed by atoms with E-state index in [0.29, 0.717) is 0 Å². The zero-order chi connectivity index (χ0) is 13.9. The molecule has 2 atom stereocenters. The smallest absolute Gasteiger partial charge is 0.224 e. The molecule has 4 nitrogen and oxygen atoms in total. The number of hydrogen-bond acceptors (Lipinski definition) is 2. The number of nitrogens with zero attached hydrogens (tertiary/aromatic N) is 1. The highest BCUT2D eigenvalue weighted by molar-refractivity contribution is 5.79. The van der Waals surface area contributed by atoms with Gasteiger partial charge in [-0.1, -0.05) is 33.6 Å². The predicted molar refractivity (Wildman–Crippen MR) is 75.5 cm³/mol. The molecule has 19 heavy (non-hydrogen) atoms. The largest absolute Gasteiger partial charge is 0.347 e. The maximum absolute atomic E-state index is 12.5. The Kier molecular flexibility index (Phi) is 4.27. The van der Waals surface area contributed by atoms with Crippen molar-refractivity contribution in [2.24, 2.45) is 11.3 Å². The van der Waals surface area contributed by atoms with Crippen LogP contribution in [0, 0.1) is 11.3 Å². The van der Waals surface area contributed by atoms with Gasteiger partial charge < -0.3 is 10.3 Å². The van der Waals surface area contributed by atoms with Crippen molar-refractivity contribution in [3.63, 3.8) is 0 Å². The maximum Gasteiger partial charge on any atom is 0.224 e. The monoisotopic (exact) mass is 263 g/mol. The van der Waals surface area contributed by atoms with Gasteiger partial charge in [0, 0.05) is 18.3 Å². The minimum absolute atomic E-state index is 0.000210. The number of amides is 1. The maximum atomic E-state index is 12.5. The Hall–Kier alpha value is -1.32. The van der Waals surface area contributed by atoms with Crippen LogP contribution in [0.3, 0.4) is 0 Å². The molecular formula is C15H25N3O. The topological polar surface area (TPSA) is 57.8 Å². The van der Waals surface area contributed by atoms with Gasteiger partial charge >= 0.3 is 0 Å². The second kappa shape index (κ2) is 5.76. The summed E-state index contributed by atoms with van der Waals surface area (Å²) in [7, 11) is 0. The standard InChI is InChI=1S/C15H25N3O/c1-4-12(13-16-9-10-17-13)18-14(19)11-7-5-6-8-15(11,2)3/h9-12H,4-8H2,1-3H3,(H,16,17)(H,18,19). The Morgan fingerprint density at radius 3 is 2.95 bits per heavy atom. The molecule has 1 aliphatic carbocycles. The molecule has 0 radical (unpaired) electrons. The second-order valence-electron chi connectivity index (χ2n) is 6.23. The number of H-pyrrole nitrogens is 1. The number of carbonyl (C=O) groups excluding carboxylic acids is 1. The van der Waals surface area contributed by atoms with Crippen molar-refractivity contribution in [3.8, 4) is 0 Å². The van der Waals surface area contributed by atoms with E-state index in [4.69, 9.17) is 0 Å². The average Bonchev–Trinajstić information content (AvgIpc) is 2.88. The van der Waals surface area contributed by atoms with E-state index in [-0.39, 0.29) is 23.3 Å². The van der Waals surface area contributed by atoms with Crippen molar-refractivity contribution in [2.45, 2.75) is 58.9 Å². The Bertz CT molecular complexity index is 411. The molecule has 0 saturated heterocycles. The Morgan fingerprint density at radius 1 is 1.58 bits per heavy atom. The van der Waals surface area contributed by atoms with Crippen molar-refractivity contribution < 1.29 is 4.79 Å². The van der Waals surface area contributed by atoms with E-state index in [1.165, 1.54) is 12.8 Å². The van der Waals surface area contributed by atoms with Gasteiger partial charge in [-0.2, -0.15) is 0 Å². The molecule has 1 saturated carbocycles. The van der Waals surface area contributed by atoms with Gasteiger partial charge in [-0.3, -0.25) is 4.79 Å². The Morgan fingerprint density at radius 2 is 2.37 bits per heavy atom. The van der Waals surface area contributed by atoms with Crippen molar-refractivity contribution in [3.05, 3.63) is 18.2 Å². The average molecular weight is 263 g/mol. The lowest BCUT2D eigenvalue weighted by atomic mass is 9.68. The van der Waals surface area contributed by atoms with E-state index in [0.717, 1.165) is 25.1 Å². The number of aromatic nitrogens is 2. The van der Waals surface area contributed by atoms with Crippen LogP contribution in [0.1, 0.15) is 64.7 Å². The number of aromatic amines is 1. The first-order valence-corrected chi connectivity index (χ1v) is 7.34. The molecule has 2 unspecified atom stereocenters. The molecule has 1 amide bonds. The molecule has 1 aromatic rings. The van der Waals surface area contributed by atoms with E-state index >= 15 is 0 Å². The third-order valence-corrected chi connectivity index (χ3v) is 4.40. The second-order valence-corrected chi connectivity index (χ2v) is 6.23. The van der Waals surface area contributed by atoms with E-state index in [9.17, 15) is 4.79 Å². The molecular weight excluding hydrogens is 238 g/mol. The van der Waals surface area contributed by atoms with E-state index in [1.54, 1.807) is 12.4 Å². The van der Waals surface area contributed by atoms with Crippen molar-refractivity contribution in [1.82, 2.24) is 15.3 Å². The van der Waals surface area contributed by atoms with Crippen LogP contribution in [-0.2, 0) is 4.79 Å². The highest BCUT2D eigenvalue weighted by Crippen LogP contribution is 2.40. The van der Waals surface area contributed by atoms with Gasteiger partial charge in [-0.05, 0) is 24.7 Å². The van der Waals surface area contributed by atoms with Gasteiger partial charge in [0.15, 0.2) is 0 Å². The molecule has 1 fully saturated rings. The highest BCUT2D eigenvalue weighted by Gasteiger charge is 2.37. The highest BCUT2D eigenvalue weighted by atomic mass is 16.2. The Balaban J connectivity index is 2.03. The predicted octanol–water partition coefficient (Wildman–Crippen LogP) is 3.19. The molecule has 106 valence electrons. The van der Waals surface area contributed by atoms with Crippen molar-refractivity contribution >= 4 is 5.91 Å². The summed E-state index contributed by atoms with van der Waals surface area (Å²) >= 11 is 0. The van der Waals surface area contributed by atoms with Crippen LogP contribution in [0.15, 0.2) is 12.4 Å². The summed E-state index contributed by atoms with van der Waals surface area (Å²) in [4.78, 5) is 19.9. The summed E-state index contributed by atoms with van der Waals surface area (Å²) in [6.07, 6.45) is 8.94. The van der Waals surface area contributed by atoms with Gasteiger partial charge in [0.25, 0.3) is 0 Å². The van der Waals surface area contributed by atoms with Gasteiger partial charge in [0.05, 0.1) is 6.04 Å². The van der Waals surface area contributed by atoms with Crippen LogP contribution >= 0.6 is 0 Å². The molecule has 0 aromatic carbocycles. The molecule has 4 heteroatoms. The first-order valence-electron chi connectivity index (χ1n) is 7.34. The lowest BCUT2D eigenvalue weighted by Crippen LogP contribution is -2.42. The van der Waals surface area contributed by atoms with Crippen molar-refractivity contribution in [1.29, 1.82) is 0 Å². The van der Waals surface area contributed by atoms with Crippen LogP contribution in [0.25, 0.3) is 0 Å². The zero-order valence-electron chi connectivity index (χ0n) is 12.2. The third kappa shape index (κ3) is 3.17. The molecule has 2 rings (SSSR count). The van der Waals surface area contributed by atoms with Gasteiger partial charge in [0.2, 0.25) is 5.91 Å². The Labute approximate surface area is 115 Å². The van der Waals surface area contributed by atoms with Crippen LogP contribution in [0.4, 0.5) is 0 Å². The number of carbonyl (C=O) groups is 1. The SMILES string of the molecule is CCC(NC(=O)C1CCCCC1(C)C)c1ncc[nH]1.